The van der Waals surface area contributed by atoms with Gasteiger partial charge in [0.2, 0.25) is 0 Å². The molecule has 3 aromatic carbocycles. The van der Waals surface area contributed by atoms with Crippen LogP contribution >= 0.6 is 0 Å². The second-order valence-corrected chi connectivity index (χ2v) is 11.0. The van der Waals surface area contributed by atoms with Gasteiger partial charge >= 0.3 is 12.0 Å². The van der Waals surface area contributed by atoms with Crippen LogP contribution in [0.15, 0.2) is 72.8 Å². The maximum absolute atomic E-state index is 14.3. The van der Waals surface area contributed by atoms with Crippen molar-refractivity contribution in [2.75, 3.05) is 12.0 Å². The summed E-state index contributed by atoms with van der Waals surface area (Å²) in [6.07, 6.45) is 0.844. The number of aromatic nitrogens is 1. The lowest BCUT2D eigenvalue weighted by atomic mass is 9.89. The number of aromatic amines is 1. The SMILES string of the molecule is CC[C@H](C)[C@H](NC(=O)c1ccccc1N1C(=O)[C@@H]2Cc3c([nH]c4ccccc34)[C@H](c3ccc(OC)cc3)N2C1=O)C(=O)O. The van der Waals surface area contributed by atoms with E-state index in [2.05, 4.69) is 10.3 Å². The normalized spacial score (nSPS) is 19.1. The summed E-state index contributed by atoms with van der Waals surface area (Å²) in [6, 6.07) is 18.4. The van der Waals surface area contributed by atoms with Crippen LogP contribution in [0.3, 0.4) is 0 Å². The van der Waals surface area contributed by atoms with Crippen molar-refractivity contribution in [2.24, 2.45) is 5.92 Å². The quantitative estimate of drug-likeness (QED) is 0.254. The number of anilines is 1. The minimum Gasteiger partial charge on any atom is -0.497 e. The molecular weight excluding hydrogens is 548 g/mol. The zero-order chi connectivity index (χ0) is 30.4. The number of urea groups is 1. The molecule has 1 aromatic heterocycles. The highest BCUT2D eigenvalue weighted by Crippen LogP contribution is 2.45. The fourth-order valence-corrected chi connectivity index (χ4v) is 6.19. The van der Waals surface area contributed by atoms with Crippen LogP contribution in [0.4, 0.5) is 10.5 Å². The zero-order valence-corrected chi connectivity index (χ0v) is 24.0. The molecule has 43 heavy (non-hydrogen) atoms. The summed E-state index contributed by atoms with van der Waals surface area (Å²) in [7, 11) is 1.58. The van der Waals surface area contributed by atoms with Gasteiger partial charge in [0, 0.05) is 23.0 Å². The van der Waals surface area contributed by atoms with Gasteiger partial charge in [0.1, 0.15) is 23.9 Å². The minimum absolute atomic E-state index is 0.0450. The zero-order valence-electron chi connectivity index (χ0n) is 24.0. The molecule has 0 spiro atoms. The molecule has 2 aliphatic heterocycles. The molecule has 220 valence electrons. The highest BCUT2D eigenvalue weighted by atomic mass is 16.5. The number of H-pyrrole nitrogens is 1. The lowest BCUT2D eigenvalue weighted by Gasteiger charge is -2.36. The fourth-order valence-electron chi connectivity index (χ4n) is 6.19. The predicted molar refractivity (Wildman–Crippen MR) is 160 cm³/mol. The molecule has 0 radical (unpaired) electrons. The predicted octanol–water partition coefficient (Wildman–Crippen LogP) is 4.89. The van der Waals surface area contributed by atoms with Crippen molar-refractivity contribution < 1.29 is 29.0 Å². The number of carboxylic acid groups (broad SMARTS) is 1. The molecule has 2 aliphatic rings. The summed E-state index contributed by atoms with van der Waals surface area (Å²) < 4.78 is 5.35. The van der Waals surface area contributed by atoms with Crippen molar-refractivity contribution in [3.05, 3.63) is 95.2 Å². The van der Waals surface area contributed by atoms with E-state index in [9.17, 15) is 24.3 Å². The van der Waals surface area contributed by atoms with Gasteiger partial charge in [0.15, 0.2) is 0 Å². The van der Waals surface area contributed by atoms with E-state index in [1.54, 1.807) is 37.1 Å². The average Bonchev–Trinajstić information content (AvgIpc) is 3.52. The standard InChI is InChI=1S/C33H32N4O6/c1-4-18(2)27(32(40)41)35-30(38)22-10-6-8-12-25(22)37-31(39)26-17-23-21-9-5-7-11-24(21)34-28(23)29(36(26)33(37)42)19-13-15-20(43-3)16-14-19/h5-16,18,26-27,29,34H,4,17H2,1-3H3,(H,35,38)(H,40,41)/t18-,26-,27-,29-/m0/s1. The van der Waals surface area contributed by atoms with Crippen molar-refractivity contribution in [1.82, 2.24) is 15.2 Å². The van der Waals surface area contributed by atoms with E-state index in [-0.39, 0.29) is 17.2 Å². The van der Waals surface area contributed by atoms with Crippen molar-refractivity contribution in [3.63, 3.8) is 0 Å². The maximum atomic E-state index is 14.3. The number of para-hydroxylation sites is 2. The van der Waals surface area contributed by atoms with E-state index in [4.69, 9.17) is 4.74 Å². The molecule has 3 N–H and O–H groups in total. The van der Waals surface area contributed by atoms with Crippen LogP contribution in [0.1, 0.15) is 53.5 Å². The average molecular weight is 581 g/mol. The Balaban J connectivity index is 1.43. The summed E-state index contributed by atoms with van der Waals surface area (Å²) in [6.45, 7) is 3.59. The summed E-state index contributed by atoms with van der Waals surface area (Å²) >= 11 is 0. The Morgan fingerprint density at radius 1 is 1.05 bits per heavy atom. The molecule has 4 atom stereocenters. The second kappa shape index (κ2) is 10.9. The minimum atomic E-state index is -1.15. The Morgan fingerprint density at radius 2 is 1.74 bits per heavy atom. The Labute approximate surface area is 248 Å². The van der Waals surface area contributed by atoms with Crippen LogP contribution in [-0.4, -0.2) is 58.0 Å². The molecule has 3 heterocycles. The maximum Gasteiger partial charge on any atom is 0.332 e. The van der Waals surface area contributed by atoms with E-state index >= 15 is 0 Å². The van der Waals surface area contributed by atoms with E-state index < -0.39 is 41.9 Å². The van der Waals surface area contributed by atoms with Crippen molar-refractivity contribution in [3.8, 4) is 5.75 Å². The molecule has 6 rings (SSSR count). The molecule has 10 heteroatoms. The molecular formula is C33H32N4O6. The van der Waals surface area contributed by atoms with Gasteiger partial charge in [-0.2, -0.15) is 0 Å². The number of methoxy groups -OCH3 is 1. The number of hydrogen-bond donors (Lipinski definition) is 3. The van der Waals surface area contributed by atoms with Gasteiger partial charge in [-0.3, -0.25) is 14.5 Å². The Hall–Kier alpha value is -5.12. The number of benzene rings is 3. The first-order valence-corrected chi connectivity index (χ1v) is 14.3. The fraction of sp³-hybridized carbons (Fsp3) is 0.273. The largest absolute Gasteiger partial charge is 0.497 e. The molecule has 0 unspecified atom stereocenters. The van der Waals surface area contributed by atoms with Gasteiger partial charge in [-0.1, -0.05) is 62.7 Å². The number of ether oxygens (including phenoxy) is 1. The lowest BCUT2D eigenvalue weighted by Crippen LogP contribution is -2.45. The van der Waals surface area contributed by atoms with Crippen LogP contribution in [0.5, 0.6) is 5.75 Å². The number of carbonyl (C=O) groups excluding carboxylic acids is 3. The van der Waals surface area contributed by atoms with Crippen molar-refractivity contribution in [1.29, 1.82) is 0 Å². The molecule has 10 nitrogen and oxygen atoms in total. The summed E-state index contributed by atoms with van der Waals surface area (Å²) in [5.41, 5.74) is 3.66. The van der Waals surface area contributed by atoms with Gasteiger partial charge in [-0.25, -0.2) is 14.5 Å². The third-order valence-corrected chi connectivity index (χ3v) is 8.64. The number of carbonyl (C=O) groups is 4. The van der Waals surface area contributed by atoms with Crippen LogP contribution < -0.4 is 15.0 Å². The number of carboxylic acids is 1. The molecule has 4 amide bonds. The summed E-state index contributed by atoms with van der Waals surface area (Å²) in [5, 5.41) is 13.3. The summed E-state index contributed by atoms with van der Waals surface area (Å²) in [4.78, 5) is 60.0. The van der Waals surface area contributed by atoms with E-state index in [1.807, 2.05) is 55.5 Å². The first-order chi connectivity index (χ1) is 20.7. The smallest absolute Gasteiger partial charge is 0.332 e. The molecule has 0 saturated carbocycles. The van der Waals surface area contributed by atoms with E-state index in [0.29, 0.717) is 18.6 Å². The highest BCUT2D eigenvalue weighted by Gasteiger charge is 2.53. The lowest BCUT2D eigenvalue weighted by molar-refractivity contribution is -0.140. The van der Waals surface area contributed by atoms with Crippen LogP contribution in [0.25, 0.3) is 10.9 Å². The van der Waals surface area contributed by atoms with Gasteiger partial charge in [-0.05, 0) is 47.4 Å². The first kappa shape index (κ1) is 28.0. The van der Waals surface area contributed by atoms with E-state index in [0.717, 1.165) is 32.6 Å². The molecule has 4 aromatic rings. The number of fused-ring (bicyclic) bond motifs is 4. The number of imide groups is 1. The van der Waals surface area contributed by atoms with Crippen molar-refractivity contribution >= 4 is 40.4 Å². The third kappa shape index (κ3) is 4.59. The Morgan fingerprint density at radius 3 is 2.44 bits per heavy atom. The first-order valence-electron chi connectivity index (χ1n) is 14.3. The van der Waals surface area contributed by atoms with Crippen LogP contribution in [-0.2, 0) is 16.0 Å². The number of nitrogens with one attached hydrogen (secondary N) is 2. The van der Waals surface area contributed by atoms with Crippen LogP contribution in [0.2, 0.25) is 0 Å². The second-order valence-electron chi connectivity index (χ2n) is 11.0. The summed E-state index contributed by atoms with van der Waals surface area (Å²) in [5.74, 6) is -1.93. The molecule has 1 fully saturated rings. The van der Waals surface area contributed by atoms with Crippen LogP contribution in [0, 0.1) is 5.92 Å². The van der Waals surface area contributed by atoms with Crippen molar-refractivity contribution in [2.45, 2.75) is 44.8 Å². The molecule has 0 bridgehead atoms. The van der Waals surface area contributed by atoms with Gasteiger partial charge < -0.3 is 20.1 Å². The number of hydrogen-bond acceptors (Lipinski definition) is 5. The Kier molecular flexibility index (Phi) is 7.13. The third-order valence-electron chi connectivity index (χ3n) is 8.64. The number of aliphatic carboxylic acids is 1. The topological polar surface area (TPSA) is 132 Å². The van der Waals surface area contributed by atoms with Gasteiger partial charge in [-0.15, -0.1) is 0 Å². The number of nitrogens with zero attached hydrogens (tertiary/aromatic N) is 2. The monoisotopic (exact) mass is 580 g/mol. The Bertz CT molecular complexity index is 1750. The molecule has 1 saturated heterocycles. The number of amides is 4. The van der Waals surface area contributed by atoms with E-state index in [1.165, 1.54) is 6.07 Å². The van der Waals surface area contributed by atoms with Gasteiger partial charge in [0.05, 0.1) is 18.4 Å². The number of rotatable bonds is 8. The highest BCUT2D eigenvalue weighted by molar-refractivity contribution is 6.24. The van der Waals surface area contributed by atoms with Gasteiger partial charge in [0.25, 0.3) is 11.8 Å². The molecule has 0 aliphatic carbocycles.